The lowest BCUT2D eigenvalue weighted by molar-refractivity contribution is -0.141. The average Bonchev–Trinajstić information content (AvgIpc) is 3.13. The van der Waals surface area contributed by atoms with Crippen molar-refractivity contribution < 1.29 is 27.8 Å². The van der Waals surface area contributed by atoms with Gasteiger partial charge in [-0.15, -0.1) is 0 Å². The van der Waals surface area contributed by atoms with Crippen LogP contribution in [0.2, 0.25) is 0 Å². The number of carboxylic acid groups (broad SMARTS) is 1. The zero-order valence-electron chi connectivity index (χ0n) is 16.0. The summed E-state index contributed by atoms with van der Waals surface area (Å²) in [6.07, 6.45) is 2.40. The summed E-state index contributed by atoms with van der Waals surface area (Å²) in [6.45, 7) is 2.58. The van der Waals surface area contributed by atoms with Gasteiger partial charge in [0.2, 0.25) is 0 Å². The predicted octanol–water partition coefficient (Wildman–Crippen LogP) is 5.20. The number of halogens is 3. The van der Waals surface area contributed by atoms with Crippen molar-refractivity contribution in [2.75, 3.05) is 6.61 Å². The summed E-state index contributed by atoms with van der Waals surface area (Å²) in [5.74, 6) is -1.41. The van der Waals surface area contributed by atoms with Crippen LogP contribution in [0.25, 0.3) is 5.69 Å². The Balaban J connectivity index is 2.13. The van der Waals surface area contributed by atoms with Crippen molar-refractivity contribution >= 4 is 5.97 Å². The Hall–Kier alpha value is -3.02. The molecule has 0 spiro atoms. The van der Waals surface area contributed by atoms with E-state index in [0.717, 1.165) is 30.1 Å². The predicted molar refractivity (Wildman–Crippen MR) is 99.1 cm³/mol. The van der Waals surface area contributed by atoms with Gasteiger partial charge >= 0.3 is 12.1 Å². The van der Waals surface area contributed by atoms with Gasteiger partial charge in [-0.2, -0.15) is 23.5 Å². The number of nitrogens with zero attached hydrogens (tertiary/aromatic N) is 3. The quantitative estimate of drug-likeness (QED) is 0.545. The smallest absolute Gasteiger partial charge is 0.436 e. The minimum absolute atomic E-state index is 0.131. The van der Waals surface area contributed by atoms with Gasteiger partial charge in [0.15, 0.2) is 5.69 Å². The van der Waals surface area contributed by atoms with Crippen molar-refractivity contribution in [1.29, 1.82) is 5.26 Å². The third-order valence-corrected chi connectivity index (χ3v) is 4.32. The molecule has 0 radical (unpaired) electrons. The van der Waals surface area contributed by atoms with Crippen LogP contribution in [0.15, 0.2) is 24.4 Å². The summed E-state index contributed by atoms with van der Waals surface area (Å²) in [7, 11) is 0. The molecule has 0 atom stereocenters. The van der Waals surface area contributed by atoms with E-state index in [9.17, 15) is 23.2 Å². The first-order chi connectivity index (χ1) is 13.8. The summed E-state index contributed by atoms with van der Waals surface area (Å²) in [5.41, 5.74) is -2.19. The number of alkyl halides is 3. The number of unbranched alkanes of at least 4 members (excludes halogenated alkanes) is 5. The lowest BCUT2D eigenvalue weighted by Gasteiger charge is -2.10. The summed E-state index contributed by atoms with van der Waals surface area (Å²) in [5, 5.41) is 21.7. The highest BCUT2D eigenvalue weighted by Gasteiger charge is 2.39. The van der Waals surface area contributed by atoms with Gasteiger partial charge in [-0.3, -0.25) is 0 Å². The summed E-state index contributed by atoms with van der Waals surface area (Å²) < 4.78 is 45.4. The highest BCUT2D eigenvalue weighted by atomic mass is 19.4. The Kier molecular flexibility index (Phi) is 7.65. The molecule has 0 unspecified atom stereocenters. The van der Waals surface area contributed by atoms with E-state index < -0.39 is 23.4 Å². The SMILES string of the molecule is CCCCCCCCOc1ccc(-n2cc(C(=O)O)c(C(F)(F)F)n2)cc1C#N. The van der Waals surface area contributed by atoms with E-state index in [1.807, 2.05) is 6.07 Å². The molecule has 0 amide bonds. The Morgan fingerprint density at radius 1 is 1.24 bits per heavy atom. The van der Waals surface area contributed by atoms with Gasteiger partial charge in [-0.05, 0) is 24.6 Å². The molecule has 1 aromatic carbocycles. The fraction of sp³-hybridized carbons (Fsp3) is 0.450. The zero-order chi connectivity index (χ0) is 21.4. The molecule has 0 bridgehead atoms. The van der Waals surface area contributed by atoms with Gasteiger partial charge in [0.05, 0.1) is 17.9 Å². The van der Waals surface area contributed by atoms with Crippen LogP contribution in [-0.2, 0) is 6.18 Å². The van der Waals surface area contributed by atoms with Crippen LogP contribution in [0.3, 0.4) is 0 Å². The van der Waals surface area contributed by atoms with E-state index in [1.54, 1.807) is 0 Å². The van der Waals surface area contributed by atoms with Crippen molar-refractivity contribution in [1.82, 2.24) is 9.78 Å². The third-order valence-electron chi connectivity index (χ3n) is 4.32. The molecule has 1 heterocycles. The molecular formula is C20H22F3N3O3. The van der Waals surface area contributed by atoms with Gasteiger partial charge in [0.1, 0.15) is 17.4 Å². The molecule has 9 heteroatoms. The average molecular weight is 409 g/mol. The maximum atomic E-state index is 13.0. The second-order valence-electron chi connectivity index (χ2n) is 6.55. The van der Waals surface area contributed by atoms with E-state index in [4.69, 9.17) is 9.84 Å². The van der Waals surface area contributed by atoms with E-state index in [1.165, 1.54) is 37.5 Å². The van der Waals surface area contributed by atoms with Crippen molar-refractivity contribution in [3.63, 3.8) is 0 Å². The number of carboxylic acids is 1. The molecule has 2 aromatic rings. The van der Waals surface area contributed by atoms with E-state index in [2.05, 4.69) is 12.0 Å². The Labute approximate surface area is 166 Å². The molecule has 0 saturated carbocycles. The molecule has 156 valence electrons. The molecule has 1 N–H and O–H groups in total. The Morgan fingerprint density at radius 2 is 1.93 bits per heavy atom. The molecule has 2 rings (SSSR count). The van der Waals surface area contributed by atoms with Gasteiger partial charge in [-0.25, -0.2) is 9.48 Å². The van der Waals surface area contributed by atoms with Crippen LogP contribution >= 0.6 is 0 Å². The summed E-state index contributed by atoms with van der Waals surface area (Å²) in [6, 6.07) is 6.16. The van der Waals surface area contributed by atoms with Crippen molar-refractivity contribution in [2.45, 2.75) is 51.6 Å². The van der Waals surface area contributed by atoms with Crippen LogP contribution in [0.1, 0.15) is 67.1 Å². The molecule has 0 saturated heterocycles. The molecule has 0 aliphatic rings. The first-order valence-electron chi connectivity index (χ1n) is 9.35. The molecule has 1 aromatic heterocycles. The summed E-state index contributed by atoms with van der Waals surface area (Å²) >= 11 is 0. The van der Waals surface area contributed by atoms with Crippen molar-refractivity contribution in [3.8, 4) is 17.5 Å². The first kappa shape index (κ1) is 22.3. The van der Waals surface area contributed by atoms with E-state index in [0.29, 0.717) is 12.4 Å². The number of ether oxygens (including phenoxy) is 1. The van der Waals surface area contributed by atoms with Gasteiger partial charge in [-0.1, -0.05) is 39.0 Å². The molecular weight excluding hydrogens is 387 g/mol. The second kappa shape index (κ2) is 9.96. The number of hydrogen-bond donors (Lipinski definition) is 1. The van der Waals surface area contributed by atoms with Crippen molar-refractivity contribution in [3.05, 3.63) is 41.2 Å². The topological polar surface area (TPSA) is 88.1 Å². The number of nitriles is 1. The fourth-order valence-corrected chi connectivity index (χ4v) is 2.81. The van der Waals surface area contributed by atoms with Crippen LogP contribution < -0.4 is 4.74 Å². The van der Waals surface area contributed by atoms with Crippen LogP contribution in [-0.4, -0.2) is 27.5 Å². The van der Waals surface area contributed by atoms with Crippen molar-refractivity contribution in [2.24, 2.45) is 0 Å². The van der Waals surface area contributed by atoms with Gasteiger partial charge in [0.25, 0.3) is 0 Å². The second-order valence-corrected chi connectivity index (χ2v) is 6.55. The number of aromatic carboxylic acids is 1. The molecule has 29 heavy (non-hydrogen) atoms. The zero-order valence-corrected chi connectivity index (χ0v) is 16.0. The molecule has 0 aliphatic heterocycles. The summed E-state index contributed by atoms with van der Waals surface area (Å²) in [4.78, 5) is 11.1. The lowest BCUT2D eigenvalue weighted by atomic mass is 10.1. The largest absolute Gasteiger partial charge is 0.492 e. The monoisotopic (exact) mass is 409 g/mol. The number of benzene rings is 1. The minimum atomic E-state index is -4.91. The molecule has 0 aliphatic carbocycles. The van der Waals surface area contributed by atoms with Gasteiger partial charge < -0.3 is 9.84 Å². The molecule has 0 fully saturated rings. The number of hydrogen-bond acceptors (Lipinski definition) is 4. The Bertz CT molecular complexity index is 885. The lowest BCUT2D eigenvalue weighted by Crippen LogP contribution is -2.12. The first-order valence-corrected chi connectivity index (χ1v) is 9.35. The highest BCUT2D eigenvalue weighted by Crippen LogP contribution is 2.32. The van der Waals surface area contributed by atoms with Crippen LogP contribution in [0, 0.1) is 11.3 Å². The molecule has 6 nitrogen and oxygen atoms in total. The standard InChI is InChI=1S/C20H22F3N3O3/c1-2-3-4-5-6-7-10-29-17-9-8-15(11-14(17)12-24)26-13-16(19(27)28)18(25-26)20(21,22)23/h8-9,11,13H,2-7,10H2,1H3,(H,27,28). The fourth-order valence-electron chi connectivity index (χ4n) is 2.81. The minimum Gasteiger partial charge on any atom is -0.492 e. The Morgan fingerprint density at radius 3 is 2.52 bits per heavy atom. The normalized spacial score (nSPS) is 11.3. The maximum Gasteiger partial charge on any atom is 0.436 e. The number of carbonyl (C=O) groups is 1. The maximum absolute atomic E-state index is 13.0. The van der Waals surface area contributed by atoms with E-state index in [-0.39, 0.29) is 11.3 Å². The number of aromatic nitrogens is 2. The number of rotatable bonds is 10. The van der Waals surface area contributed by atoms with E-state index >= 15 is 0 Å². The van der Waals surface area contributed by atoms with Crippen LogP contribution in [0.4, 0.5) is 13.2 Å². The highest BCUT2D eigenvalue weighted by molar-refractivity contribution is 5.89. The third kappa shape index (κ3) is 5.98. The van der Waals surface area contributed by atoms with Crippen LogP contribution in [0.5, 0.6) is 5.75 Å². The van der Waals surface area contributed by atoms with Gasteiger partial charge in [0, 0.05) is 6.20 Å².